The maximum Gasteiger partial charge on any atom is 0.331 e. The number of aromatic nitrogens is 2. The maximum atomic E-state index is 13.4. The number of ether oxygens (including phenoxy) is 2. The van der Waals surface area contributed by atoms with Crippen LogP contribution in [0.15, 0.2) is 71.9 Å². The van der Waals surface area contributed by atoms with Crippen LogP contribution in [0.5, 0.6) is 0 Å². The van der Waals surface area contributed by atoms with Gasteiger partial charge in [-0.2, -0.15) is 0 Å². The van der Waals surface area contributed by atoms with Crippen LogP contribution < -0.4 is 5.11 Å². The van der Waals surface area contributed by atoms with E-state index in [0.717, 1.165) is 63.0 Å². The molecule has 0 saturated heterocycles. The Bertz CT molecular complexity index is 1900. The van der Waals surface area contributed by atoms with Crippen molar-refractivity contribution >= 4 is 23.0 Å². The van der Waals surface area contributed by atoms with Crippen molar-refractivity contribution < 1.29 is 23.9 Å². The lowest BCUT2D eigenvalue weighted by Gasteiger charge is -2.40. The van der Waals surface area contributed by atoms with E-state index >= 15 is 0 Å². The second kappa shape index (κ2) is 27.1. The Labute approximate surface area is 375 Å². The van der Waals surface area contributed by atoms with Crippen molar-refractivity contribution in [3.63, 3.8) is 0 Å². The van der Waals surface area contributed by atoms with Crippen molar-refractivity contribution in [2.45, 2.75) is 188 Å². The lowest BCUT2D eigenvalue weighted by Crippen LogP contribution is -2.50. The topological polar surface area (TPSA) is 88.8 Å². The van der Waals surface area contributed by atoms with Crippen molar-refractivity contribution in [1.29, 1.82) is 0 Å². The zero-order valence-electron chi connectivity index (χ0n) is 39.1. The first-order valence-electron chi connectivity index (χ1n) is 24.7. The molecule has 2 aromatic carbocycles. The predicted molar refractivity (Wildman–Crippen MR) is 254 cm³/mol. The van der Waals surface area contributed by atoms with Gasteiger partial charge in [-0.3, -0.25) is 9.98 Å². The Hall–Kier alpha value is -4.17. The number of likely N-dealkylation sites (N-methyl/N-ethyl adjacent to an activating group) is 1. The smallest absolute Gasteiger partial charge is 0.331 e. The summed E-state index contributed by atoms with van der Waals surface area (Å²) in [7, 11) is 2.14. The standard InChI is InChI=1S/C54H80N4O4/c1-5-6-7-8-9-10-11-12-13-14-15-16-17-18-19-20-21-22-23-27-38-61-53(59)50(40-46-28-25-24-26-29-46)56-54(60)62-43-58(4)37-35-52-49(42-58)48-39-44(2)30-33-51(48)57(52)36-34-47-32-31-45(3)55-41-47/h24-26,28-33,39,41,50H,5-23,27,34-38,40,42-43H2,1-4H3. The molecule has 0 radical (unpaired) electrons. The summed E-state index contributed by atoms with van der Waals surface area (Å²) in [4.78, 5) is 22.2. The second-order valence-corrected chi connectivity index (χ2v) is 18.7. The van der Waals surface area contributed by atoms with Crippen molar-refractivity contribution in [2.24, 2.45) is 4.99 Å². The molecule has 0 saturated carbocycles. The molecule has 0 bridgehead atoms. The number of esters is 1. The number of carbonyl (C=O) groups excluding carboxylic acids is 1. The minimum atomic E-state index is -0.946. The number of rotatable bonds is 30. The number of hydrogen-bond acceptors (Lipinski definition) is 6. The third kappa shape index (κ3) is 16.8. The lowest BCUT2D eigenvalue weighted by molar-refractivity contribution is -0.940. The van der Waals surface area contributed by atoms with Gasteiger partial charge in [0.05, 0.1) is 20.2 Å². The van der Waals surface area contributed by atoms with Crippen LogP contribution >= 0.6 is 0 Å². The molecule has 0 fully saturated rings. The van der Waals surface area contributed by atoms with E-state index in [-0.39, 0.29) is 6.73 Å². The highest BCUT2D eigenvalue weighted by Crippen LogP contribution is 2.34. The summed E-state index contributed by atoms with van der Waals surface area (Å²) < 4.78 is 14.6. The van der Waals surface area contributed by atoms with Crippen LogP contribution in [-0.4, -0.2) is 59.1 Å². The number of aliphatic imine (C=N–C) groups is 1. The number of unbranched alkanes of at least 4 members (excludes halogenated alkanes) is 19. The maximum absolute atomic E-state index is 13.4. The van der Waals surface area contributed by atoms with Gasteiger partial charge >= 0.3 is 5.97 Å². The van der Waals surface area contributed by atoms with Gasteiger partial charge in [-0.25, -0.2) is 4.79 Å². The van der Waals surface area contributed by atoms with Gasteiger partial charge in [-0.05, 0) is 56.0 Å². The summed E-state index contributed by atoms with van der Waals surface area (Å²) >= 11 is 0. The van der Waals surface area contributed by atoms with E-state index in [1.807, 2.05) is 43.5 Å². The predicted octanol–water partition coefficient (Wildman–Crippen LogP) is 12.1. The molecule has 1 aliphatic rings. The number of benzene rings is 2. The van der Waals surface area contributed by atoms with E-state index in [9.17, 15) is 9.90 Å². The summed E-state index contributed by atoms with van der Waals surface area (Å²) in [6.45, 7) is 9.44. The molecule has 0 N–H and O–H groups in total. The van der Waals surface area contributed by atoms with Gasteiger partial charge in [0.25, 0.3) is 0 Å². The van der Waals surface area contributed by atoms with E-state index in [1.54, 1.807) is 0 Å². The van der Waals surface area contributed by atoms with Gasteiger partial charge in [0.15, 0.2) is 6.04 Å². The molecular weight excluding hydrogens is 769 g/mol. The number of pyridine rings is 1. The van der Waals surface area contributed by atoms with Crippen LogP contribution in [0.1, 0.15) is 169 Å². The third-order valence-electron chi connectivity index (χ3n) is 13.0. The minimum absolute atomic E-state index is 0.182. The minimum Gasteiger partial charge on any atom is -0.553 e. The normalized spacial score (nSPS) is 15.8. The summed E-state index contributed by atoms with van der Waals surface area (Å²) in [5, 5.41) is 14.6. The molecule has 3 heterocycles. The molecule has 4 aromatic rings. The van der Waals surface area contributed by atoms with Gasteiger partial charge in [0.1, 0.15) is 19.4 Å². The van der Waals surface area contributed by atoms with Crippen LogP contribution in [0.4, 0.5) is 0 Å². The first-order chi connectivity index (χ1) is 30.2. The molecule has 2 unspecified atom stereocenters. The fourth-order valence-corrected chi connectivity index (χ4v) is 9.16. The molecule has 62 heavy (non-hydrogen) atoms. The number of hydrogen-bond donors (Lipinski definition) is 0. The quantitative estimate of drug-likeness (QED) is 0.0171. The van der Waals surface area contributed by atoms with E-state index in [4.69, 9.17) is 9.47 Å². The number of nitrogens with zero attached hydrogens (tertiary/aromatic N) is 4. The van der Waals surface area contributed by atoms with Crippen LogP contribution in [0.3, 0.4) is 0 Å². The molecule has 0 spiro atoms. The fraction of sp³-hybridized carbons (Fsp3) is 0.611. The summed E-state index contributed by atoms with van der Waals surface area (Å²) in [5.41, 5.74) is 8.35. The van der Waals surface area contributed by atoms with Crippen LogP contribution in [0.25, 0.3) is 10.9 Å². The van der Waals surface area contributed by atoms with Gasteiger partial charge in [0.2, 0.25) is 0 Å². The summed E-state index contributed by atoms with van der Waals surface area (Å²) in [5.74, 6) is -0.462. The van der Waals surface area contributed by atoms with Gasteiger partial charge in [-0.15, -0.1) is 0 Å². The molecule has 8 heteroatoms. The molecular formula is C54H80N4O4. The zero-order valence-corrected chi connectivity index (χ0v) is 39.1. The van der Waals surface area contributed by atoms with Crippen molar-refractivity contribution in [3.8, 4) is 0 Å². The molecule has 2 atom stereocenters. The van der Waals surface area contributed by atoms with E-state index in [2.05, 4.69) is 65.8 Å². The highest BCUT2D eigenvalue weighted by Gasteiger charge is 2.32. The first kappa shape index (κ1) is 48.9. The monoisotopic (exact) mass is 849 g/mol. The van der Waals surface area contributed by atoms with Gasteiger partial charge in [-0.1, -0.05) is 177 Å². The van der Waals surface area contributed by atoms with Crippen LogP contribution in [0.2, 0.25) is 0 Å². The van der Waals surface area contributed by atoms with E-state index in [1.165, 1.54) is 142 Å². The van der Waals surface area contributed by atoms with Gasteiger partial charge < -0.3 is 23.6 Å². The van der Waals surface area contributed by atoms with Crippen LogP contribution in [-0.2, 0) is 46.6 Å². The van der Waals surface area contributed by atoms with Crippen LogP contribution in [0, 0.1) is 13.8 Å². The molecule has 0 aliphatic carbocycles. The Balaban J connectivity index is 1.01. The van der Waals surface area contributed by atoms with Crippen molar-refractivity contribution in [2.75, 3.05) is 26.9 Å². The average molecular weight is 849 g/mol. The average Bonchev–Trinajstić information content (AvgIpc) is 3.57. The molecule has 0 amide bonds. The third-order valence-corrected chi connectivity index (χ3v) is 13.0. The fourth-order valence-electron chi connectivity index (χ4n) is 9.16. The first-order valence-corrected chi connectivity index (χ1v) is 24.7. The highest BCUT2D eigenvalue weighted by molar-refractivity contribution is 5.86. The molecule has 5 rings (SSSR count). The number of carbonyl (C=O) groups is 1. The summed E-state index contributed by atoms with van der Waals surface area (Å²) in [6, 6.07) is 19.7. The zero-order chi connectivity index (χ0) is 43.8. The van der Waals surface area contributed by atoms with E-state index < -0.39 is 18.1 Å². The molecule has 8 nitrogen and oxygen atoms in total. The number of fused-ring (bicyclic) bond motifs is 3. The Morgan fingerprint density at radius 2 is 1.39 bits per heavy atom. The SMILES string of the molecule is CCCCCCCCCCCCCCCCCCCCCCOC(=O)C(Cc1ccccc1)N=C([O-])OC[N+]1(C)CCc2c(c3cc(C)ccc3n2CCc2ccc(C)nc2)C1. The lowest BCUT2D eigenvalue weighted by atomic mass is 10.0. The Kier molecular flexibility index (Phi) is 21.4. The van der Waals surface area contributed by atoms with E-state index in [0.29, 0.717) is 17.5 Å². The molecule has 1 aliphatic heterocycles. The Morgan fingerprint density at radius 1 is 0.774 bits per heavy atom. The number of quaternary nitrogens is 1. The number of aryl methyl sites for hydroxylation is 4. The Morgan fingerprint density at radius 3 is 1.98 bits per heavy atom. The molecule has 2 aromatic heterocycles. The summed E-state index contributed by atoms with van der Waals surface area (Å²) in [6.07, 6.45) is 29.9. The van der Waals surface area contributed by atoms with Gasteiger partial charge in [0, 0.05) is 53.4 Å². The van der Waals surface area contributed by atoms with Crippen molar-refractivity contribution in [1.82, 2.24) is 9.55 Å². The highest BCUT2D eigenvalue weighted by atomic mass is 16.6. The molecule has 340 valence electrons. The van der Waals surface area contributed by atoms with Crippen molar-refractivity contribution in [3.05, 3.63) is 101 Å². The largest absolute Gasteiger partial charge is 0.553 e. The second-order valence-electron chi connectivity index (χ2n) is 18.7.